The summed E-state index contributed by atoms with van der Waals surface area (Å²) >= 11 is 6.51. The molecule has 0 spiro atoms. The molecule has 0 bridgehead atoms. The highest BCUT2D eigenvalue weighted by atomic mass is 79.9. The minimum Gasteiger partial charge on any atom is -0.381 e. The van der Waals surface area contributed by atoms with Crippen LogP contribution in [0.3, 0.4) is 0 Å². The number of sulfonamides is 1. The van der Waals surface area contributed by atoms with Crippen molar-refractivity contribution >= 4 is 41.9 Å². The van der Waals surface area contributed by atoms with Crippen LogP contribution in [0.15, 0.2) is 33.6 Å². The molecule has 0 aliphatic heterocycles. The molecule has 0 aliphatic rings. The summed E-state index contributed by atoms with van der Waals surface area (Å²) in [5.41, 5.74) is 0. The molecule has 0 aromatic heterocycles. The zero-order chi connectivity index (χ0) is 13.4. The van der Waals surface area contributed by atoms with Gasteiger partial charge in [-0.3, -0.25) is 0 Å². The third-order valence-electron chi connectivity index (χ3n) is 2.10. The van der Waals surface area contributed by atoms with Gasteiger partial charge in [0.2, 0.25) is 10.0 Å². The average Bonchev–Trinajstić information content (AvgIpc) is 2.34. The van der Waals surface area contributed by atoms with E-state index in [1.807, 2.05) is 0 Å². The quantitative estimate of drug-likeness (QED) is 0.538. The third-order valence-corrected chi connectivity index (χ3v) is 4.43. The minimum atomic E-state index is -3.41. The highest BCUT2D eigenvalue weighted by Crippen LogP contribution is 2.14. The van der Waals surface area contributed by atoms with Crippen LogP contribution in [0.1, 0.15) is 6.42 Å². The predicted octanol–water partition coefficient (Wildman–Crippen LogP) is 2.53. The van der Waals surface area contributed by atoms with E-state index < -0.39 is 10.0 Å². The number of halogens is 2. The number of hydrogen-bond donors (Lipinski definition) is 1. The van der Waals surface area contributed by atoms with E-state index in [0.29, 0.717) is 26.2 Å². The van der Waals surface area contributed by atoms with Crippen LogP contribution < -0.4 is 4.72 Å². The van der Waals surface area contributed by atoms with Gasteiger partial charge in [-0.25, -0.2) is 13.1 Å². The molecule has 0 atom stereocenters. The Kier molecular flexibility index (Phi) is 7.40. The van der Waals surface area contributed by atoms with Gasteiger partial charge in [-0.15, -0.1) is 0 Å². The topological polar surface area (TPSA) is 55.4 Å². The number of alkyl halides is 1. The van der Waals surface area contributed by atoms with Gasteiger partial charge < -0.3 is 4.74 Å². The van der Waals surface area contributed by atoms with E-state index in [0.717, 1.165) is 9.80 Å². The van der Waals surface area contributed by atoms with E-state index in [1.165, 1.54) is 0 Å². The monoisotopic (exact) mass is 399 g/mol. The molecule has 0 aliphatic carbocycles. The second kappa shape index (κ2) is 8.27. The molecule has 102 valence electrons. The Bertz CT molecular complexity index is 448. The van der Waals surface area contributed by atoms with E-state index in [1.54, 1.807) is 24.3 Å². The van der Waals surface area contributed by atoms with Gasteiger partial charge in [0, 0.05) is 23.0 Å². The van der Waals surface area contributed by atoms with Gasteiger partial charge in [0.05, 0.1) is 11.5 Å². The molecule has 0 saturated heterocycles. The molecule has 18 heavy (non-hydrogen) atoms. The third kappa shape index (κ3) is 5.79. The van der Waals surface area contributed by atoms with Crippen LogP contribution in [0.2, 0.25) is 0 Å². The van der Waals surface area contributed by atoms with Gasteiger partial charge in [-0.2, -0.15) is 0 Å². The van der Waals surface area contributed by atoms with Crippen LogP contribution >= 0.6 is 31.9 Å². The standard InChI is InChI=1S/C11H15Br2NO3S/c12-6-9-17-8-1-7-14-18(15,16)11-4-2-10(13)3-5-11/h2-5,14H,1,6-9H2. The molecular formula is C11H15Br2NO3S. The van der Waals surface area contributed by atoms with Gasteiger partial charge in [0.1, 0.15) is 0 Å². The zero-order valence-electron chi connectivity index (χ0n) is 9.73. The Hall–Kier alpha value is 0.0500. The van der Waals surface area contributed by atoms with Crippen molar-refractivity contribution in [3.63, 3.8) is 0 Å². The molecule has 0 amide bonds. The second-order valence-electron chi connectivity index (χ2n) is 3.51. The first-order chi connectivity index (χ1) is 8.56. The van der Waals surface area contributed by atoms with Gasteiger partial charge in [0.25, 0.3) is 0 Å². The Morgan fingerprint density at radius 1 is 1.17 bits per heavy atom. The zero-order valence-corrected chi connectivity index (χ0v) is 13.7. The van der Waals surface area contributed by atoms with Crippen molar-refractivity contribution in [3.8, 4) is 0 Å². The minimum absolute atomic E-state index is 0.270. The van der Waals surface area contributed by atoms with E-state index >= 15 is 0 Å². The summed E-state index contributed by atoms with van der Waals surface area (Å²) < 4.78 is 32.3. The number of rotatable bonds is 8. The van der Waals surface area contributed by atoms with E-state index in [9.17, 15) is 8.42 Å². The fourth-order valence-corrected chi connectivity index (χ4v) is 2.80. The Labute approximate surface area is 124 Å². The summed E-state index contributed by atoms with van der Waals surface area (Å²) in [5, 5.41) is 0.789. The summed E-state index contributed by atoms with van der Waals surface area (Å²) in [6, 6.07) is 6.53. The van der Waals surface area contributed by atoms with Crippen molar-refractivity contribution in [2.45, 2.75) is 11.3 Å². The summed E-state index contributed by atoms with van der Waals surface area (Å²) in [6.45, 7) is 1.56. The molecule has 7 heteroatoms. The average molecular weight is 401 g/mol. The van der Waals surface area contributed by atoms with Gasteiger partial charge >= 0.3 is 0 Å². The lowest BCUT2D eigenvalue weighted by atomic mass is 10.4. The van der Waals surface area contributed by atoms with Crippen molar-refractivity contribution in [3.05, 3.63) is 28.7 Å². The van der Waals surface area contributed by atoms with Crippen LogP contribution in [-0.2, 0) is 14.8 Å². The first-order valence-corrected chi connectivity index (χ1v) is 8.85. The second-order valence-corrected chi connectivity index (χ2v) is 6.98. The SMILES string of the molecule is O=S(=O)(NCCCOCCBr)c1ccc(Br)cc1. The van der Waals surface area contributed by atoms with Crippen molar-refractivity contribution in [1.29, 1.82) is 0 Å². The van der Waals surface area contributed by atoms with Crippen molar-refractivity contribution in [2.24, 2.45) is 0 Å². The van der Waals surface area contributed by atoms with Crippen LogP contribution in [0.4, 0.5) is 0 Å². The van der Waals surface area contributed by atoms with Gasteiger partial charge in [-0.1, -0.05) is 31.9 Å². The maximum atomic E-state index is 11.9. The lowest BCUT2D eigenvalue weighted by Crippen LogP contribution is -2.25. The summed E-state index contributed by atoms with van der Waals surface area (Å²) in [4.78, 5) is 0.270. The smallest absolute Gasteiger partial charge is 0.240 e. The Morgan fingerprint density at radius 2 is 1.83 bits per heavy atom. The van der Waals surface area contributed by atoms with Crippen molar-refractivity contribution < 1.29 is 13.2 Å². The molecule has 0 fully saturated rings. The summed E-state index contributed by atoms with van der Waals surface area (Å²) in [7, 11) is -3.41. The number of nitrogens with one attached hydrogen (secondary N) is 1. The normalized spacial score (nSPS) is 11.7. The summed E-state index contributed by atoms with van der Waals surface area (Å²) in [5.74, 6) is 0. The van der Waals surface area contributed by atoms with E-state index in [4.69, 9.17) is 4.74 Å². The maximum absolute atomic E-state index is 11.9. The molecule has 0 heterocycles. The molecule has 1 N–H and O–H groups in total. The molecule has 1 rings (SSSR count). The molecular weight excluding hydrogens is 386 g/mol. The summed E-state index contributed by atoms with van der Waals surface area (Å²) in [6.07, 6.45) is 0.656. The fourth-order valence-electron chi connectivity index (χ4n) is 1.23. The molecule has 4 nitrogen and oxygen atoms in total. The van der Waals surface area contributed by atoms with Crippen LogP contribution in [0.25, 0.3) is 0 Å². The lowest BCUT2D eigenvalue weighted by molar-refractivity contribution is 0.149. The van der Waals surface area contributed by atoms with Crippen LogP contribution in [0.5, 0.6) is 0 Å². The lowest BCUT2D eigenvalue weighted by Gasteiger charge is -2.07. The van der Waals surface area contributed by atoms with Crippen LogP contribution in [-0.4, -0.2) is 33.5 Å². The van der Waals surface area contributed by atoms with E-state index in [-0.39, 0.29) is 4.90 Å². The largest absolute Gasteiger partial charge is 0.381 e. The van der Waals surface area contributed by atoms with Crippen molar-refractivity contribution in [1.82, 2.24) is 4.72 Å². The fraction of sp³-hybridized carbons (Fsp3) is 0.455. The van der Waals surface area contributed by atoms with Crippen LogP contribution in [0, 0.1) is 0 Å². The predicted molar refractivity (Wildman–Crippen MR) is 78.6 cm³/mol. The first kappa shape index (κ1) is 16.1. The molecule has 0 saturated carbocycles. The van der Waals surface area contributed by atoms with Gasteiger partial charge in [0.15, 0.2) is 0 Å². The molecule has 1 aromatic rings. The first-order valence-electron chi connectivity index (χ1n) is 5.45. The maximum Gasteiger partial charge on any atom is 0.240 e. The van der Waals surface area contributed by atoms with Crippen molar-refractivity contribution in [2.75, 3.05) is 25.1 Å². The Balaban J connectivity index is 2.38. The highest BCUT2D eigenvalue weighted by molar-refractivity contribution is 9.10. The highest BCUT2D eigenvalue weighted by Gasteiger charge is 2.12. The molecule has 0 radical (unpaired) electrons. The Morgan fingerprint density at radius 3 is 2.44 bits per heavy atom. The number of hydrogen-bond acceptors (Lipinski definition) is 3. The molecule has 1 aromatic carbocycles. The van der Waals surface area contributed by atoms with E-state index in [2.05, 4.69) is 36.6 Å². The van der Waals surface area contributed by atoms with Gasteiger partial charge in [-0.05, 0) is 30.7 Å². The molecule has 0 unspecified atom stereocenters. The number of benzene rings is 1. The number of ether oxygens (including phenoxy) is 1.